The lowest BCUT2D eigenvalue weighted by Gasteiger charge is -2.34. The van der Waals surface area contributed by atoms with Gasteiger partial charge in [0.15, 0.2) is 0 Å². The molecule has 1 aliphatic rings. The number of hydrogen-bond acceptors (Lipinski definition) is 2. The Kier molecular flexibility index (Phi) is 2.29. The van der Waals surface area contributed by atoms with Gasteiger partial charge in [-0.05, 0) is 25.7 Å². The normalized spacial score (nSPS) is 51.9. The van der Waals surface area contributed by atoms with Crippen molar-refractivity contribution in [2.75, 3.05) is 6.61 Å². The zero-order valence-corrected chi connectivity index (χ0v) is 8.13. The van der Waals surface area contributed by atoms with E-state index in [1.807, 2.05) is 13.8 Å². The van der Waals surface area contributed by atoms with Gasteiger partial charge in [0.25, 0.3) is 0 Å². The highest BCUT2D eigenvalue weighted by Crippen LogP contribution is 2.27. The van der Waals surface area contributed by atoms with E-state index in [9.17, 15) is 5.11 Å². The Morgan fingerprint density at radius 3 is 3.08 bits per heavy atom. The van der Waals surface area contributed by atoms with Crippen LogP contribution in [0.5, 0.6) is 0 Å². The van der Waals surface area contributed by atoms with Crippen LogP contribution in [0.4, 0.5) is 0 Å². The molecule has 1 fully saturated rings. The van der Waals surface area contributed by atoms with E-state index in [4.69, 9.17) is 7.48 Å². The highest BCUT2D eigenvalue weighted by atomic mass is 16.5. The third-order valence-corrected chi connectivity index (χ3v) is 1.98. The summed E-state index contributed by atoms with van der Waals surface area (Å²) in [6.07, 6.45) is -1.18. The van der Waals surface area contributed by atoms with Gasteiger partial charge in [-0.25, -0.2) is 0 Å². The first-order chi connectivity index (χ1) is 6.28. The SMILES string of the molecule is [2H]C1C(C)(O)CCOC1([2H])CC(C)C. The van der Waals surface area contributed by atoms with Crippen LogP contribution in [0, 0.1) is 5.92 Å². The van der Waals surface area contributed by atoms with Gasteiger partial charge in [0.1, 0.15) is 0 Å². The van der Waals surface area contributed by atoms with Crippen molar-refractivity contribution >= 4 is 0 Å². The molecule has 0 radical (unpaired) electrons. The summed E-state index contributed by atoms with van der Waals surface area (Å²) >= 11 is 0. The van der Waals surface area contributed by atoms with Gasteiger partial charge in [-0.1, -0.05) is 13.8 Å². The van der Waals surface area contributed by atoms with Crippen molar-refractivity contribution in [1.29, 1.82) is 0 Å². The summed E-state index contributed by atoms with van der Waals surface area (Å²) in [5.41, 5.74) is -1.09. The van der Waals surface area contributed by atoms with Crippen molar-refractivity contribution in [1.82, 2.24) is 0 Å². The zero-order valence-electron chi connectivity index (χ0n) is 10.1. The summed E-state index contributed by atoms with van der Waals surface area (Å²) in [5.74, 6) is 0.300. The van der Waals surface area contributed by atoms with Crippen LogP contribution >= 0.6 is 0 Å². The molecule has 0 aliphatic carbocycles. The lowest BCUT2D eigenvalue weighted by Crippen LogP contribution is -2.38. The Hall–Kier alpha value is -0.0800. The molecule has 0 aromatic heterocycles. The highest BCUT2D eigenvalue weighted by molar-refractivity contribution is 4.81. The van der Waals surface area contributed by atoms with Gasteiger partial charge < -0.3 is 9.84 Å². The van der Waals surface area contributed by atoms with E-state index >= 15 is 0 Å². The molecule has 1 saturated heterocycles. The van der Waals surface area contributed by atoms with Gasteiger partial charge in [0, 0.05) is 14.4 Å². The molecule has 0 amide bonds. The van der Waals surface area contributed by atoms with Crippen LogP contribution in [0.3, 0.4) is 0 Å². The topological polar surface area (TPSA) is 29.5 Å². The van der Waals surface area contributed by atoms with Crippen LogP contribution < -0.4 is 0 Å². The van der Waals surface area contributed by atoms with Crippen molar-refractivity contribution in [3.8, 4) is 0 Å². The standard InChI is InChI=1S/C10H20O2/c1-8(2)6-9-7-10(3,11)4-5-12-9/h8-9,11H,4-7H2,1-3H3/i7D,9D. The van der Waals surface area contributed by atoms with E-state index < -0.39 is 18.1 Å². The Labute approximate surface area is 77.7 Å². The fourth-order valence-electron chi connectivity index (χ4n) is 1.37. The Bertz CT molecular complexity index is 206. The fourth-order valence-corrected chi connectivity index (χ4v) is 1.37. The smallest absolute Gasteiger partial charge is 0.0666 e. The molecule has 12 heavy (non-hydrogen) atoms. The van der Waals surface area contributed by atoms with Crippen molar-refractivity contribution in [2.45, 2.75) is 51.7 Å². The summed E-state index contributed by atoms with van der Waals surface area (Å²) in [5, 5.41) is 9.90. The molecule has 3 atom stereocenters. The monoisotopic (exact) mass is 174 g/mol. The maximum absolute atomic E-state index is 9.90. The molecular weight excluding hydrogens is 152 g/mol. The molecule has 1 N–H and O–H groups in total. The van der Waals surface area contributed by atoms with Gasteiger partial charge in [-0.3, -0.25) is 0 Å². The lowest BCUT2D eigenvalue weighted by molar-refractivity contribution is -0.0985. The molecule has 1 aliphatic heterocycles. The van der Waals surface area contributed by atoms with Crippen LogP contribution in [0.1, 0.15) is 42.8 Å². The predicted octanol–water partition coefficient (Wildman–Crippen LogP) is 1.96. The first-order valence-electron chi connectivity index (χ1n) is 5.64. The van der Waals surface area contributed by atoms with E-state index in [2.05, 4.69) is 0 Å². The first kappa shape index (κ1) is 7.34. The molecule has 1 rings (SSSR count). The summed E-state index contributed by atoms with van der Waals surface area (Å²) in [6, 6.07) is 0. The predicted molar refractivity (Wildman–Crippen MR) is 49.1 cm³/mol. The molecule has 2 heteroatoms. The first-order valence-corrected chi connectivity index (χ1v) is 4.56. The van der Waals surface area contributed by atoms with Gasteiger partial charge in [-0.2, -0.15) is 0 Å². The number of ether oxygens (including phenoxy) is 1. The summed E-state index contributed by atoms with van der Waals surface area (Å²) in [7, 11) is 0. The minimum absolute atomic E-state index is 0.300. The van der Waals surface area contributed by atoms with Crippen molar-refractivity contribution in [3.63, 3.8) is 0 Å². The second-order valence-electron chi connectivity index (χ2n) is 4.16. The fraction of sp³-hybridized carbons (Fsp3) is 1.00. The largest absolute Gasteiger partial charge is 0.390 e. The van der Waals surface area contributed by atoms with E-state index in [0.717, 1.165) is 0 Å². The number of hydrogen-bond donors (Lipinski definition) is 1. The molecule has 0 saturated carbocycles. The van der Waals surface area contributed by atoms with Crippen LogP contribution in [0.15, 0.2) is 0 Å². The summed E-state index contributed by atoms with van der Waals surface area (Å²) < 4.78 is 21.2. The third kappa shape index (κ3) is 3.11. The molecule has 0 spiro atoms. The van der Waals surface area contributed by atoms with Crippen molar-refractivity contribution < 1.29 is 12.6 Å². The molecular formula is C10H20O2. The number of aliphatic hydroxyl groups is 1. The van der Waals surface area contributed by atoms with Gasteiger partial charge >= 0.3 is 0 Å². The molecule has 0 aromatic rings. The number of rotatable bonds is 2. The highest BCUT2D eigenvalue weighted by Gasteiger charge is 2.30. The molecule has 1 heterocycles. The molecule has 72 valence electrons. The second kappa shape index (κ2) is 3.75. The second-order valence-corrected chi connectivity index (χ2v) is 4.16. The van der Waals surface area contributed by atoms with Gasteiger partial charge in [0.2, 0.25) is 0 Å². The molecule has 3 unspecified atom stereocenters. The van der Waals surface area contributed by atoms with E-state index in [0.29, 0.717) is 25.4 Å². The third-order valence-electron chi connectivity index (χ3n) is 1.98. The van der Waals surface area contributed by atoms with Gasteiger partial charge in [0.05, 0.1) is 13.1 Å². The van der Waals surface area contributed by atoms with Crippen LogP contribution in [0.2, 0.25) is 0 Å². The zero-order chi connectivity index (χ0) is 11.0. The molecule has 2 nitrogen and oxygen atoms in total. The van der Waals surface area contributed by atoms with E-state index in [1.165, 1.54) is 0 Å². The molecule has 0 bridgehead atoms. The Balaban J connectivity index is 2.77. The minimum atomic E-state index is -1.24. The molecule has 0 aromatic carbocycles. The quantitative estimate of drug-likeness (QED) is 0.693. The summed E-state index contributed by atoms with van der Waals surface area (Å²) in [6.45, 7) is 5.99. The van der Waals surface area contributed by atoms with Crippen molar-refractivity contribution in [3.05, 3.63) is 0 Å². The van der Waals surface area contributed by atoms with Crippen LogP contribution in [0.25, 0.3) is 0 Å². The van der Waals surface area contributed by atoms with Gasteiger partial charge in [-0.15, -0.1) is 0 Å². The van der Waals surface area contributed by atoms with E-state index in [1.54, 1.807) is 6.92 Å². The van der Waals surface area contributed by atoms with Crippen molar-refractivity contribution in [2.24, 2.45) is 5.92 Å². The average Bonchev–Trinajstić information content (AvgIpc) is 1.98. The Morgan fingerprint density at radius 2 is 2.50 bits per heavy atom. The minimum Gasteiger partial charge on any atom is -0.390 e. The lowest BCUT2D eigenvalue weighted by atomic mass is 9.89. The maximum Gasteiger partial charge on any atom is 0.0666 e. The van der Waals surface area contributed by atoms with E-state index in [-0.39, 0.29) is 0 Å². The summed E-state index contributed by atoms with van der Waals surface area (Å²) in [4.78, 5) is 0. The van der Waals surface area contributed by atoms with Crippen LogP contribution in [-0.2, 0) is 4.74 Å². The Morgan fingerprint density at radius 1 is 1.83 bits per heavy atom. The maximum atomic E-state index is 9.90. The average molecular weight is 174 g/mol. The van der Waals surface area contributed by atoms with Crippen LogP contribution in [-0.4, -0.2) is 23.4 Å².